The molecular formula is C30H28ClN3O2. The summed E-state index contributed by atoms with van der Waals surface area (Å²) in [6.45, 7) is 2.76. The summed E-state index contributed by atoms with van der Waals surface area (Å²) in [5, 5.41) is 1.64. The number of hydrogen-bond donors (Lipinski definition) is 0. The highest BCUT2D eigenvalue weighted by molar-refractivity contribution is 6.30. The zero-order chi connectivity index (χ0) is 25.1. The molecule has 5 aromatic rings. The molecule has 2 aromatic heterocycles. The molecule has 0 amide bonds. The van der Waals surface area contributed by atoms with Gasteiger partial charge in [-0.25, -0.2) is 4.98 Å². The SMILES string of the molecule is CCCc1c(OC(Cn2ccnc2)c2ccccc2)ccc2c(-c3cccc(Cl)c3)cc(=O)n(C)c12. The summed E-state index contributed by atoms with van der Waals surface area (Å²) in [5.41, 5.74) is 4.73. The van der Waals surface area contributed by atoms with Crippen LogP contribution in [0.4, 0.5) is 0 Å². The monoisotopic (exact) mass is 497 g/mol. The molecule has 0 spiro atoms. The molecule has 6 heteroatoms. The van der Waals surface area contributed by atoms with Crippen LogP contribution < -0.4 is 10.3 Å². The van der Waals surface area contributed by atoms with Crippen LogP contribution in [-0.2, 0) is 20.0 Å². The summed E-state index contributed by atoms with van der Waals surface area (Å²) in [6.07, 6.45) is 6.99. The minimum atomic E-state index is -0.221. The fourth-order valence-corrected chi connectivity index (χ4v) is 4.93. The van der Waals surface area contributed by atoms with E-state index in [0.29, 0.717) is 11.6 Å². The van der Waals surface area contributed by atoms with Gasteiger partial charge < -0.3 is 13.9 Å². The molecule has 0 bridgehead atoms. The molecule has 3 aromatic carbocycles. The fourth-order valence-electron chi connectivity index (χ4n) is 4.74. The summed E-state index contributed by atoms with van der Waals surface area (Å²) in [7, 11) is 1.83. The largest absolute Gasteiger partial charge is 0.483 e. The summed E-state index contributed by atoms with van der Waals surface area (Å²) >= 11 is 6.29. The number of hydrogen-bond acceptors (Lipinski definition) is 3. The number of imidazole rings is 1. The van der Waals surface area contributed by atoms with E-state index in [1.807, 2.05) is 66.3 Å². The zero-order valence-electron chi connectivity index (χ0n) is 20.4. The topological polar surface area (TPSA) is 49.1 Å². The number of aromatic nitrogens is 3. The highest BCUT2D eigenvalue weighted by Gasteiger charge is 2.20. The van der Waals surface area contributed by atoms with Gasteiger partial charge in [-0.2, -0.15) is 0 Å². The molecular weight excluding hydrogens is 470 g/mol. The van der Waals surface area contributed by atoms with E-state index in [4.69, 9.17) is 16.3 Å². The lowest BCUT2D eigenvalue weighted by atomic mass is 9.96. The highest BCUT2D eigenvalue weighted by Crippen LogP contribution is 2.36. The number of rotatable bonds is 8. The fraction of sp³-hybridized carbons (Fsp3) is 0.200. The van der Waals surface area contributed by atoms with Gasteiger partial charge in [0.2, 0.25) is 0 Å². The van der Waals surface area contributed by atoms with Crippen molar-refractivity contribution in [2.75, 3.05) is 0 Å². The molecule has 36 heavy (non-hydrogen) atoms. The van der Waals surface area contributed by atoms with Gasteiger partial charge in [-0.15, -0.1) is 0 Å². The first kappa shape index (κ1) is 23.9. The summed E-state index contributed by atoms with van der Waals surface area (Å²) in [5.74, 6) is 0.788. The number of fused-ring (bicyclic) bond motifs is 1. The molecule has 0 saturated heterocycles. The highest BCUT2D eigenvalue weighted by atomic mass is 35.5. The molecule has 5 rings (SSSR count). The van der Waals surface area contributed by atoms with Crippen LogP contribution in [0.15, 0.2) is 96.3 Å². The maximum absolute atomic E-state index is 13.1. The van der Waals surface area contributed by atoms with E-state index in [1.54, 1.807) is 23.2 Å². The number of ether oxygens (including phenoxy) is 1. The Morgan fingerprint density at radius 2 is 1.86 bits per heavy atom. The second-order valence-corrected chi connectivity index (χ2v) is 9.37. The molecule has 0 aliphatic heterocycles. The van der Waals surface area contributed by atoms with E-state index in [2.05, 4.69) is 30.1 Å². The quantitative estimate of drug-likeness (QED) is 0.236. The average Bonchev–Trinajstić information content (AvgIpc) is 3.40. The maximum Gasteiger partial charge on any atom is 0.251 e. The van der Waals surface area contributed by atoms with E-state index in [0.717, 1.165) is 51.7 Å². The summed E-state index contributed by atoms with van der Waals surface area (Å²) in [6, 6.07) is 23.6. The smallest absolute Gasteiger partial charge is 0.251 e. The lowest BCUT2D eigenvalue weighted by Gasteiger charge is -2.24. The normalized spacial score (nSPS) is 12.1. The van der Waals surface area contributed by atoms with Crippen LogP contribution >= 0.6 is 11.6 Å². The standard InChI is InChI=1S/C30H28ClN3O2/c1-3-8-25-27(36-28(19-34-16-15-32-20-34)21-9-5-4-6-10-21)14-13-24-26(18-29(35)33(2)30(24)25)22-11-7-12-23(31)17-22/h4-7,9-18,20,28H,3,8,19H2,1-2H3. The minimum Gasteiger partial charge on any atom is -0.483 e. The number of aryl methyl sites for hydroxylation is 2. The minimum absolute atomic E-state index is 0.0648. The Hall–Kier alpha value is -3.83. The van der Waals surface area contributed by atoms with Crippen LogP contribution in [0.2, 0.25) is 5.02 Å². The Balaban J connectivity index is 1.67. The molecule has 1 atom stereocenters. The van der Waals surface area contributed by atoms with Crippen molar-refractivity contribution in [3.63, 3.8) is 0 Å². The predicted octanol–water partition coefficient (Wildman–Crippen LogP) is 6.83. The lowest BCUT2D eigenvalue weighted by Crippen LogP contribution is -2.19. The van der Waals surface area contributed by atoms with Gasteiger partial charge in [0.05, 0.1) is 18.4 Å². The van der Waals surface area contributed by atoms with Gasteiger partial charge in [0, 0.05) is 41.5 Å². The molecule has 0 fully saturated rings. The van der Waals surface area contributed by atoms with Crippen molar-refractivity contribution in [1.82, 2.24) is 14.1 Å². The van der Waals surface area contributed by atoms with Crippen molar-refractivity contribution in [3.05, 3.63) is 118 Å². The second-order valence-electron chi connectivity index (χ2n) is 8.93. The average molecular weight is 498 g/mol. The Bertz CT molecular complexity index is 1540. The van der Waals surface area contributed by atoms with Crippen molar-refractivity contribution in [2.24, 2.45) is 7.05 Å². The van der Waals surface area contributed by atoms with E-state index >= 15 is 0 Å². The molecule has 5 nitrogen and oxygen atoms in total. The Morgan fingerprint density at radius 3 is 2.58 bits per heavy atom. The van der Waals surface area contributed by atoms with Gasteiger partial charge in [-0.05, 0) is 47.4 Å². The summed E-state index contributed by atoms with van der Waals surface area (Å²) in [4.78, 5) is 17.3. The van der Waals surface area contributed by atoms with Crippen molar-refractivity contribution >= 4 is 22.5 Å². The van der Waals surface area contributed by atoms with Crippen molar-refractivity contribution < 1.29 is 4.74 Å². The first-order valence-electron chi connectivity index (χ1n) is 12.1. The third-order valence-electron chi connectivity index (χ3n) is 6.48. The van der Waals surface area contributed by atoms with Crippen LogP contribution in [0.3, 0.4) is 0 Å². The lowest BCUT2D eigenvalue weighted by molar-refractivity contribution is 0.182. The van der Waals surface area contributed by atoms with Crippen LogP contribution in [0, 0.1) is 0 Å². The van der Waals surface area contributed by atoms with E-state index in [-0.39, 0.29) is 11.7 Å². The summed E-state index contributed by atoms with van der Waals surface area (Å²) < 4.78 is 10.5. The van der Waals surface area contributed by atoms with Gasteiger partial charge in [-0.1, -0.05) is 67.4 Å². The van der Waals surface area contributed by atoms with Crippen molar-refractivity contribution in [3.8, 4) is 16.9 Å². The van der Waals surface area contributed by atoms with Crippen LogP contribution in [-0.4, -0.2) is 14.1 Å². The second kappa shape index (κ2) is 10.4. The third kappa shape index (κ3) is 4.79. The Morgan fingerprint density at radius 1 is 1.03 bits per heavy atom. The first-order chi connectivity index (χ1) is 17.5. The number of nitrogens with zero attached hydrogens (tertiary/aromatic N) is 3. The number of halogens is 1. The molecule has 0 radical (unpaired) electrons. The van der Waals surface area contributed by atoms with Gasteiger partial charge in [0.15, 0.2) is 0 Å². The predicted molar refractivity (Wildman–Crippen MR) is 146 cm³/mol. The van der Waals surface area contributed by atoms with Crippen LogP contribution in [0.25, 0.3) is 22.0 Å². The molecule has 1 unspecified atom stereocenters. The number of pyridine rings is 1. The van der Waals surface area contributed by atoms with Crippen molar-refractivity contribution in [2.45, 2.75) is 32.4 Å². The molecule has 0 saturated carbocycles. The molecule has 0 aliphatic rings. The Labute approximate surface area is 215 Å². The molecule has 0 N–H and O–H groups in total. The van der Waals surface area contributed by atoms with E-state index < -0.39 is 0 Å². The van der Waals surface area contributed by atoms with E-state index in [1.165, 1.54) is 0 Å². The number of benzene rings is 3. The molecule has 2 heterocycles. The van der Waals surface area contributed by atoms with Gasteiger partial charge >= 0.3 is 0 Å². The van der Waals surface area contributed by atoms with E-state index in [9.17, 15) is 4.79 Å². The first-order valence-corrected chi connectivity index (χ1v) is 12.5. The maximum atomic E-state index is 13.1. The van der Waals surface area contributed by atoms with Gasteiger partial charge in [-0.3, -0.25) is 4.79 Å². The van der Waals surface area contributed by atoms with Crippen molar-refractivity contribution in [1.29, 1.82) is 0 Å². The third-order valence-corrected chi connectivity index (χ3v) is 6.71. The van der Waals surface area contributed by atoms with Gasteiger partial charge in [0.1, 0.15) is 11.9 Å². The van der Waals surface area contributed by atoms with Crippen LogP contribution in [0.5, 0.6) is 5.75 Å². The molecule has 182 valence electrons. The molecule has 0 aliphatic carbocycles. The Kier molecular flexibility index (Phi) is 6.92. The van der Waals surface area contributed by atoms with Crippen LogP contribution in [0.1, 0.15) is 30.6 Å². The van der Waals surface area contributed by atoms with Gasteiger partial charge in [0.25, 0.3) is 5.56 Å². The zero-order valence-corrected chi connectivity index (χ0v) is 21.2.